The molecule has 0 spiro atoms. The summed E-state index contributed by atoms with van der Waals surface area (Å²) in [5, 5.41) is 17.7. The van der Waals surface area contributed by atoms with Gasteiger partial charge in [0.1, 0.15) is 11.6 Å². The third kappa shape index (κ3) is 5.22. The Morgan fingerprint density at radius 1 is 0.889 bits per heavy atom. The molecule has 7 N–H and O–H groups in total. The highest BCUT2D eigenvalue weighted by Gasteiger charge is 2.20. The number of benzene rings is 2. The van der Waals surface area contributed by atoms with Crippen LogP contribution in [0.1, 0.15) is 39.9 Å². The number of nitrogens with two attached hydrogens (primary N) is 2. The lowest BCUT2D eigenvalue weighted by Gasteiger charge is -2.27. The number of carbonyl (C=O) groups excluding carboxylic acids is 1. The molecule has 2 aliphatic heterocycles. The molecule has 10 heteroatoms. The SMILES string of the molecule is Cc1cc(C2=CCN(C(=N)N)CC2)c(F)cc1NC(=O)c1ccc(C2=CCN(C(=N)N)CC2)c(F)c1. The third-order valence-corrected chi connectivity index (χ3v) is 6.59. The van der Waals surface area contributed by atoms with Crippen molar-refractivity contribution in [2.24, 2.45) is 11.5 Å². The summed E-state index contributed by atoms with van der Waals surface area (Å²) in [5.41, 5.74) is 14.6. The molecule has 188 valence electrons. The summed E-state index contributed by atoms with van der Waals surface area (Å²) in [5.74, 6) is -1.56. The Kier molecular flexibility index (Phi) is 7.05. The lowest BCUT2D eigenvalue weighted by Crippen LogP contribution is -2.39. The van der Waals surface area contributed by atoms with Gasteiger partial charge < -0.3 is 26.6 Å². The number of nitrogens with one attached hydrogen (secondary N) is 3. The molecule has 2 heterocycles. The van der Waals surface area contributed by atoms with Gasteiger partial charge in [0.05, 0.1) is 0 Å². The molecule has 0 saturated carbocycles. The first-order chi connectivity index (χ1) is 17.1. The maximum absolute atomic E-state index is 15.0. The predicted molar refractivity (Wildman–Crippen MR) is 138 cm³/mol. The average Bonchev–Trinajstić information content (AvgIpc) is 2.86. The van der Waals surface area contributed by atoms with Gasteiger partial charge in [-0.2, -0.15) is 0 Å². The number of anilines is 1. The van der Waals surface area contributed by atoms with E-state index in [1.54, 1.807) is 34.9 Å². The van der Waals surface area contributed by atoms with Crippen LogP contribution >= 0.6 is 0 Å². The Bertz CT molecular complexity index is 1300. The van der Waals surface area contributed by atoms with Gasteiger partial charge in [0.15, 0.2) is 11.9 Å². The van der Waals surface area contributed by atoms with E-state index in [9.17, 15) is 13.6 Å². The van der Waals surface area contributed by atoms with Crippen molar-refractivity contribution in [3.63, 3.8) is 0 Å². The van der Waals surface area contributed by atoms with Crippen molar-refractivity contribution in [1.29, 1.82) is 10.8 Å². The van der Waals surface area contributed by atoms with Crippen LogP contribution in [0.3, 0.4) is 0 Å². The van der Waals surface area contributed by atoms with E-state index in [0.29, 0.717) is 61.4 Å². The minimum Gasteiger partial charge on any atom is -0.370 e. The molecule has 4 rings (SSSR count). The second-order valence-electron chi connectivity index (χ2n) is 8.92. The van der Waals surface area contributed by atoms with E-state index >= 15 is 0 Å². The van der Waals surface area contributed by atoms with Crippen LogP contribution < -0.4 is 16.8 Å². The van der Waals surface area contributed by atoms with Gasteiger partial charge in [-0.05, 0) is 60.7 Å². The molecule has 0 aromatic heterocycles. The van der Waals surface area contributed by atoms with Crippen molar-refractivity contribution in [2.75, 3.05) is 31.5 Å². The maximum Gasteiger partial charge on any atom is 0.255 e. The molecule has 36 heavy (non-hydrogen) atoms. The lowest BCUT2D eigenvalue weighted by atomic mass is 9.96. The minimum atomic E-state index is -0.537. The summed E-state index contributed by atoms with van der Waals surface area (Å²) < 4.78 is 29.8. The van der Waals surface area contributed by atoms with Crippen molar-refractivity contribution < 1.29 is 13.6 Å². The van der Waals surface area contributed by atoms with Gasteiger partial charge in [-0.25, -0.2) is 8.78 Å². The van der Waals surface area contributed by atoms with Gasteiger partial charge in [0.2, 0.25) is 0 Å². The van der Waals surface area contributed by atoms with Crippen LogP contribution in [-0.4, -0.2) is 53.8 Å². The Labute approximate surface area is 208 Å². The topological polar surface area (TPSA) is 135 Å². The second kappa shape index (κ2) is 10.2. The summed E-state index contributed by atoms with van der Waals surface area (Å²) in [4.78, 5) is 16.2. The monoisotopic (exact) mass is 493 g/mol. The van der Waals surface area contributed by atoms with Crippen LogP contribution in [0.25, 0.3) is 11.1 Å². The first kappa shape index (κ1) is 24.9. The minimum absolute atomic E-state index is 0.0143. The molecular formula is C26H29F2N7O. The van der Waals surface area contributed by atoms with Crippen molar-refractivity contribution in [3.8, 4) is 0 Å². The number of hydrogen-bond acceptors (Lipinski definition) is 3. The smallest absolute Gasteiger partial charge is 0.255 e. The van der Waals surface area contributed by atoms with E-state index in [1.165, 1.54) is 12.1 Å². The van der Waals surface area contributed by atoms with Gasteiger partial charge in [0, 0.05) is 48.6 Å². The van der Waals surface area contributed by atoms with E-state index in [-0.39, 0.29) is 17.5 Å². The fraction of sp³-hybridized carbons (Fsp3) is 0.269. The maximum atomic E-state index is 15.0. The zero-order valence-electron chi connectivity index (χ0n) is 20.0. The molecule has 0 saturated heterocycles. The zero-order valence-corrected chi connectivity index (χ0v) is 20.0. The number of amides is 1. The van der Waals surface area contributed by atoms with E-state index in [0.717, 1.165) is 11.1 Å². The normalized spacial score (nSPS) is 15.8. The summed E-state index contributed by atoms with van der Waals surface area (Å²) in [6.07, 6.45) is 4.77. The molecule has 0 radical (unpaired) electrons. The predicted octanol–water partition coefficient (Wildman–Crippen LogP) is 3.49. The van der Waals surface area contributed by atoms with Crippen LogP contribution in [0.2, 0.25) is 0 Å². The van der Waals surface area contributed by atoms with Crippen molar-refractivity contribution in [3.05, 3.63) is 76.4 Å². The Morgan fingerprint density at radius 3 is 1.94 bits per heavy atom. The zero-order chi connectivity index (χ0) is 26.0. The highest BCUT2D eigenvalue weighted by molar-refractivity contribution is 6.05. The van der Waals surface area contributed by atoms with Gasteiger partial charge in [-0.15, -0.1) is 0 Å². The standard InChI is InChI=1S/C26H29F2N7O/c1-15-12-20(17-6-10-35(11-7-17)26(31)32)22(28)14-23(15)33-24(36)18-2-3-19(21(27)13-18)16-4-8-34(9-5-16)25(29)30/h2-4,6,12-14H,5,7-11H2,1H3,(H3,29,30)(H3,31,32)(H,33,36). The first-order valence-electron chi connectivity index (χ1n) is 11.6. The molecule has 0 unspecified atom stereocenters. The van der Waals surface area contributed by atoms with Crippen molar-refractivity contribution in [2.45, 2.75) is 19.8 Å². The Balaban J connectivity index is 1.48. The molecule has 0 fully saturated rings. The fourth-order valence-corrected chi connectivity index (χ4v) is 4.44. The average molecular weight is 494 g/mol. The number of halogens is 2. The first-order valence-corrected chi connectivity index (χ1v) is 11.6. The molecular weight excluding hydrogens is 464 g/mol. The summed E-state index contributed by atoms with van der Waals surface area (Å²) >= 11 is 0. The van der Waals surface area contributed by atoms with E-state index in [1.807, 2.05) is 12.2 Å². The number of hydrogen-bond donors (Lipinski definition) is 5. The molecule has 0 atom stereocenters. The molecule has 0 bridgehead atoms. The van der Waals surface area contributed by atoms with E-state index < -0.39 is 17.5 Å². The highest BCUT2D eigenvalue weighted by atomic mass is 19.1. The number of aryl methyl sites for hydroxylation is 1. The van der Waals surface area contributed by atoms with E-state index in [2.05, 4.69) is 5.32 Å². The molecule has 2 aliphatic rings. The Hall–Kier alpha value is -4.21. The number of carbonyl (C=O) groups is 1. The highest BCUT2D eigenvalue weighted by Crippen LogP contribution is 2.30. The van der Waals surface area contributed by atoms with Crippen molar-refractivity contribution >= 4 is 34.7 Å². The molecule has 2 aromatic carbocycles. The van der Waals surface area contributed by atoms with Crippen LogP contribution in [0.15, 0.2) is 42.5 Å². The van der Waals surface area contributed by atoms with Gasteiger partial charge in [-0.1, -0.05) is 18.2 Å². The number of guanidine groups is 2. The van der Waals surface area contributed by atoms with Gasteiger partial charge in [0.25, 0.3) is 5.91 Å². The Morgan fingerprint density at radius 2 is 1.44 bits per heavy atom. The van der Waals surface area contributed by atoms with E-state index in [4.69, 9.17) is 22.3 Å². The van der Waals surface area contributed by atoms with Crippen LogP contribution in [-0.2, 0) is 0 Å². The quantitative estimate of drug-likeness (QED) is 0.328. The van der Waals surface area contributed by atoms with Crippen LogP contribution in [0, 0.1) is 29.4 Å². The molecule has 0 aliphatic carbocycles. The molecule has 8 nitrogen and oxygen atoms in total. The largest absolute Gasteiger partial charge is 0.370 e. The van der Waals surface area contributed by atoms with Crippen molar-refractivity contribution in [1.82, 2.24) is 9.80 Å². The fourth-order valence-electron chi connectivity index (χ4n) is 4.44. The summed E-state index contributed by atoms with van der Waals surface area (Å²) in [7, 11) is 0. The summed E-state index contributed by atoms with van der Waals surface area (Å²) in [6.45, 7) is 3.70. The number of rotatable bonds is 4. The van der Waals surface area contributed by atoms with Gasteiger partial charge in [-0.3, -0.25) is 15.6 Å². The molecule has 1 amide bonds. The van der Waals surface area contributed by atoms with Crippen LogP contribution in [0.5, 0.6) is 0 Å². The van der Waals surface area contributed by atoms with Crippen LogP contribution in [0.4, 0.5) is 14.5 Å². The van der Waals surface area contributed by atoms with Gasteiger partial charge >= 0.3 is 0 Å². The summed E-state index contributed by atoms with van der Waals surface area (Å²) in [6, 6.07) is 7.24. The second-order valence-corrected chi connectivity index (χ2v) is 8.92. The lowest BCUT2D eigenvalue weighted by molar-refractivity contribution is 0.102. The number of nitrogens with zero attached hydrogens (tertiary/aromatic N) is 2. The third-order valence-electron chi connectivity index (χ3n) is 6.59. The molecule has 2 aromatic rings.